The van der Waals surface area contributed by atoms with Crippen LogP contribution >= 0.6 is 0 Å². The van der Waals surface area contributed by atoms with Crippen LogP contribution in [-0.2, 0) is 19.6 Å². The van der Waals surface area contributed by atoms with Crippen molar-refractivity contribution >= 4 is 22.1 Å². The van der Waals surface area contributed by atoms with Gasteiger partial charge in [-0.1, -0.05) is 122 Å². The molecule has 0 saturated heterocycles. The number of carbonyl (C=O) groups excluding carboxylic acids is 2. The lowest BCUT2D eigenvalue weighted by Crippen LogP contribution is -2.27. The van der Waals surface area contributed by atoms with Crippen molar-refractivity contribution in [3.8, 4) is 0 Å². The summed E-state index contributed by atoms with van der Waals surface area (Å²) < 4.78 is 42.0. The van der Waals surface area contributed by atoms with Gasteiger partial charge in [-0.15, -0.1) is 0 Å². The molecule has 1 rings (SSSR count). The summed E-state index contributed by atoms with van der Waals surface area (Å²) in [5.74, 6) is -1.66. The van der Waals surface area contributed by atoms with Crippen LogP contribution in [0.25, 0.3) is 0 Å². The Hall–Kier alpha value is -1.93. The fourth-order valence-electron chi connectivity index (χ4n) is 4.27. The van der Waals surface area contributed by atoms with Crippen molar-refractivity contribution in [3.63, 3.8) is 0 Å². The Kier molecular flexibility index (Phi) is 18.0. The number of unbranched alkanes of at least 4 members (excludes halogenated alkanes) is 15. The number of hydrogen-bond acceptors (Lipinski definition) is 6. The number of esters is 2. The molecule has 0 aromatic heterocycles. The van der Waals surface area contributed by atoms with Crippen molar-refractivity contribution in [2.75, 3.05) is 6.61 Å². The molecule has 0 aliphatic carbocycles. The van der Waals surface area contributed by atoms with E-state index in [-0.39, 0.29) is 24.2 Å². The molecule has 1 aromatic rings. The molecule has 0 heterocycles. The molecule has 1 unspecified atom stereocenters. The monoisotopic (exact) mass is 540 g/mol. The highest BCUT2D eigenvalue weighted by atomic mass is 32.2. The highest BCUT2D eigenvalue weighted by Crippen LogP contribution is 2.17. The van der Waals surface area contributed by atoms with E-state index in [4.69, 9.17) is 9.47 Å². The minimum absolute atomic E-state index is 0.00850. The van der Waals surface area contributed by atoms with Gasteiger partial charge in [0.2, 0.25) is 5.44 Å². The maximum atomic E-state index is 12.5. The zero-order valence-corrected chi connectivity index (χ0v) is 23.7. The van der Waals surface area contributed by atoms with Crippen LogP contribution in [0.15, 0.2) is 24.3 Å². The van der Waals surface area contributed by atoms with Gasteiger partial charge in [-0.05, 0) is 25.0 Å². The normalized spacial score (nSPS) is 12.3. The first-order chi connectivity index (χ1) is 17.8. The highest BCUT2D eigenvalue weighted by molar-refractivity contribution is 7.86. The van der Waals surface area contributed by atoms with Gasteiger partial charge in [-0.3, -0.25) is 4.55 Å². The molecule has 0 saturated carbocycles. The van der Waals surface area contributed by atoms with E-state index < -0.39 is 27.5 Å². The number of carbonyl (C=O) groups is 2. The molecule has 8 heteroatoms. The van der Waals surface area contributed by atoms with Crippen LogP contribution in [0.5, 0.6) is 0 Å². The third kappa shape index (κ3) is 15.2. The van der Waals surface area contributed by atoms with Crippen molar-refractivity contribution in [3.05, 3.63) is 35.4 Å². The second-order valence-electron chi connectivity index (χ2n) is 9.74. The van der Waals surface area contributed by atoms with Crippen molar-refractivity contribution in [2.45, 2.75) is 128 Å². The molecule has 0 spiro atoms. The van der Waals surface area contributed by atoms with Crippen LogP contribution < -0.4 is 0 Å². The first kappa shape index (κ1) is 33.1. The summed E-state index contributed by atoms with van der Waals surface area (Å²) in [5.41, 5.74) is -1.77. The van der Waals surface area contributed by atoms with E-state index in [1.54, 1.807) is 6.07 Å². The number of benzene rings is 1. The van der Waals surface area contributed by atoms with Gasteiger partial charge in [0.25, 0.3) is 0 Å². The van der Waals surface area contributed by atoms with Crippen LogP contribution in [0.4, 0.5) is 0 Å². The maximum absolute atomic E-state index is 12.5. The van der Waals surface area contributed by atoms with E-state index in [1.807, 2.05) is 0 Å². The predicted octanol–water partition coefficient (Wildman–Crippen LogP) is 7.89. The summed E-state index contributed by atoms with van der Waals surface area (Å²) in [6.45, 7) is 3.97. The minimum atomic E-state index is -4.55. The van der Waals surface area contributed by atoms with E-state index in [0.29, 0.717) is 0 Å². The quantitative estimate of drug-likeness (QED) is 0.0905. The van der Waals surface area contributed by atoms with E-state index in [1.165, 1.54) is 109 Å². The second-order valence-corrected chi connectivity index (χ2v) is 11.3. The van der Waals surface area contributed by atoms with Gasteiger partial charge in [0, 0.05) is 0 Å². The van der Waals surface area contributed by atoms with Crippen molar-refractivity contribution in [1.29, 1.82) is 0 Å². The number of hydrogen-bond donors (Lipinski definition) is 1. The topological polar surface area (TPSA) is 107 Å². The number of rotatable bonds is 22. The smallest absolute Gasteiger partial charge is 0.340 e. The Morgan fingerprint density at radius 1 is 0.703 bits per heavy atom. The molecular formula is C29H48O7S. The molecule has 0 bridgehead atoms. The molecule has 37 heavy (non-hydrogen) atoms. The minimum Gasteiger partial charge on any atom is -0.462 e. The lowest BCUT2D eigenvalue weighted by atomic mass is 10.0. The average Bonchev–Trinajstić information content (AvgIpc) is 2.88. The molecule has 0 radical (unpaired) electrons. The summed E-state index contributed by atoms with van der Waals surface area (Å²) in [7, 11) is -4.55. The Bertz CT molecular complexity index is 867. The molecule has 1 N–H and O–H groups in total. The zero-order valence-electron chi connectivity index (χ0n) is 22.9. The summed E-state index contributed by atoms with van der Waals surface area (Å²) in [6, 6.07) is 5.92. The Balaban J connectivity index is 2.16. The Morgan fingerprint density at radius 2 is 1.11 bits per heavy atom. The molecule has 0 amide bonds. The first-order valence-electron chi connectivity index (χ1n) is 14.2. The second kappa shape index (κ2) is 20.1. The van der Waals surface area contributed by atoms with E-state index in [9.17, 15) is 22.6 Å². The van der Waals surface area contributed by atoms with E-state index in [0.717, 1.165) is 19.3 Å². The van der Waals surface area contributed by atoms with Gasteiger partial charge >= 0.3 is 22.1 Å². The van der Waals surface area contributed by atoms with Crippen LogP contribution in [0.3, 0.4) is 0 Å². The van der Waals surface area contributed by atoms with Crippen molar-refractivity contribution in [1.82, 2.24) is 0 Å². The third-order valence-electron chi connectivity index (χ3n) is 6.50. The lowest BCUT2D eigenvalue weighted by Gasteiger charge is -2.14. The molecule has 0 aliphatic rings. The van der Waals surface area contributed by atoms with Crippen molar-refractivity contribution in [2.24, 2.45) is 0 Å². The van der Waals surface area contributed by atoms with E-state index >= 15 is 0 Å². The Labute approximate surface area is 224 Å². The van der Waals surface area contributed by atoms with Gasteiger partial charge in [0.1, 0.15) is 0 Å². The standard InChI is InChI=1S/C29H48O7S/c1-3-5-6-7-8-9-10-11-12-13-14-15-16-17-18-21-24-35-28(30)25-22-19-20-23-26(25)29(31)36-27(4-2)37(32,33)34/h19-20,22-23,27H,3-18,21,24H2,1-2H3,(H,32,33,34). The Morgan fingerprint density at radius 3 is 1.51 bits per heavy atom. The van der Waals surface area contributed by atoms with Crippen molar-refractivity contribution < 1.29 is 32.0 Å². The van der Waals surface area contributed by atoms with Gasteiger partial charge in [0.15, 0.2) is 0 Å². The van der Waals surface area contributed by atoms with Gasteiger partial charge in [-0.2, -0.15) is 8.42 Å². The average molecular weight is 541 g/mol. The molecule has 1 aromatic carbocycles. The first-order valence-corrected chi connectivity index (χ1v) is 15.7. The van der Waals surface area contributed by atoms with Crippen LogP contribution in [0.1, 0.15) is 144 Å². The van der Waals surface area contributed by atoms with Crippen LogP contribution in [-0.4, -0.2) is 37.0 Å². The molecule has 212 valence electrons. The maximum Gasteiger partial charge on any atom is 0.340 e. The summed E-state index contributed by atoms with van der Waals surface area (Å²) in [4.78, 5) is 24.9. The highest BCUT2D eigenvalue weighted by Gasteiger charge is 2.28. The molecule has 0 fully saturated rings. The largest absolute Gasteiger partial charge is 0.462 e. The third-order valence-corrected chi connectivity index (χ3v) is 7.60. The number of ether oxygens (including phenoxy) is 2. The van der Waals surface area contributed by atoms with Gasteiger partial charge in [-0.25, -0.2) is 9.59 Å². The van der Waals surface area contributed by atoms with E-state index in [2.05, 4.69) is 6.92 Å². The predicted molar refractivity (Wildman–Crippen MR) is 147 cm³/mol. The summed E-state index contributed by atoms with van der Waals surface area (Å²) in [5, 5.41) is 0. The lowest BCUT2D eigenvalue weighted by molar-refractivity contribution is 0.0402. The molecular weight excluding hydrogens is 492 g/mol. The zero-order chi connectivity index (χ0) is 27.4. The van der Waals surface area contributed by atoms with Crippen LogP contribution in [0.2, 0.25) is 0 Å². The SMILES string of the molecule is CCCCCCCCCCCCCCCCCCOC(=O)c1ccccc1C(=O)OC(CC)S(=O)(=O)O. The molecule has 1 atom stereocenters. The fraction of sp³-hybridized carbons (Fsp3) is 0.724. The van der Waals surface area contributed by atoms with Gasteiger partial charge in [0.05, 0.1) is 17.7 Å². The summed E-state index contributed by atoms with van der Waals surface area (Å²) >= 11 is 0. The fourth-order valence-corrected chi connectivity index (χ4v) is 4.90. The molecule has 0 aliphatic heterocycles. The molecule has 7 nitrogen and oxygen atoms in total. The van der Waals surface area contributed by atoms with Crippen LogP contribution in [0, 0.1) is 0 Å². The summed E-state index contributed by atoms with van der Waals surface area (Å²) in [6.07, 6.45) is 20.1. The van der Waals surface area contributed by atoms with Gasteiger partial charge < -0.3 is 9.47 Å².